The predicted octanol–water partition coefficient (Wildman–Crippen LogP) is 2.50. The quantitative estimate of drug-likeness (QED) is 0.789. The van der Waals surface area contributed by atoms with Gasteiger partial charge in [0, 0.05) is 30.4 Å². The Labute approximate surface area is 129 Å². The van der Waals surface area contributed by atoms with E-state index in [1.54, 1.807) is 25.4 Å². The van der Waals surface area contributed by atoms with E-state index >= 15 is 0 Å². The number of nitrogens with zero attached hydrogens (tertiary/aromatic N) is 2. The van der Waals surface area contributed by atoms with E-state index in [-0.39, 0.29) is 4.90 Å². The van der Waals surface area contributed by atoms with Crippen molar-refractivity contribution in [3.05, 3.63) is 47.9 Å². The van der Waals surface area contributed by atoms with Crippen LogP contribution in [0.4, 0.5) is 0 Å². The summed E-state index contributed by atoms with van der Waals surface area (Å²) in [5, 5.41) is 6.36. The molecule has 0 atom stereocenters. The van der Waals surface area contributed by atoms with Crippen LogP contribution in [0, 0.1) is 13.8 Å². The summed E-state index contributed by atoms with van der Waals surface area (Å²) in [6.07, 6.45) is 5.51. The van der Waals surface area contributed by atoms with E-state index in [2.05, 4.69) is 4.98 Å². The summed E-state index contributed by atoms with van der Waals surface area (Å²) in [6, 6.07) is 5.45. The predicted molar refractivity (Wildman–Crippen MR) is 87.0 cm³/mol. The lowest BCUT2D eigenvalue weighted by Crippen LogP contribution is -2.14. The number of nitrogens with two attached hydrogens (primary N) is 1. The molecular formula is C16H17N3O2S. The van der Waals surface area contributed by atoms with E-state index in [4.69, 9.17) is 5.14 Å². The number of hydrogen-bond acceptors (Lipinski definition) is 3. The molecule has 3 aromatic rings. The van der Waals surface area contributed by atoms with E-state index in [1.807, 2.05) is 36.9 Å². The van der Waals surface area contributed by atoms with Crippen LogP contribution in [0.1, 0.15) is 11.1 Å². The lowest BCUT2D eigenvalue weighted by molar-refractivity contribution is 0.597. The van der Waals surface area contributed by atoms with Crippen molar-refractivity contribution in [2.45, 2.75) is 18.7 Å². The molecule has 0 amide bonds. The van der Waals surface area contributed by atoms with Crippen LogP contribution in [0.2, 0.25) is 0 Å². The fraction of sp³-hybridized carbons (Fsp3) is 0.188. The topological polar surface area (TPSA) is 78.0 Å². The third-order valence-electron chi connectivity index (χ3n) is 3.91. The van der Waals surface area contributed by atoms with Gasteiger partial charge in [-0.25, -0.2) is 13.6 Å². The van der Waals surface area contributed by atoms with Crippen molar-refractivity contribution < 1.29 is 8.42 Å². The molecule has 3 rings (SSSR count). The van der Waals surface area contributed by atoms with Crippen molar-refractivity contribution in [2.24, 2.45) is 12.2 Å². The van der Waals surface area contributed by atoms with Crippen LogP contribution < -0.4 is 5.14 Å². The van der Waals surface area contributed by atoms with Gasteiger partial charge in [-0.3, -0.25) is 4.98 Å². The van der Waals surface area contributed by atoms with Gasteiger partial charge in [0.2, 0.25) is 10.0 Å². The van der Waals surface area contributed by atoms with E-state index in [9.17, 15) is 8.42 Å². The highest BCUT2D eigenvalue weighted by atomic mass is 32.2. The maximum absolute atomic E-state index is 11.8. The Balaban J connectivity index is 2.36. The van der Waals surface area contributed by atoms with E-state index in [0.29, 0.717) is 5.56 Å². The van der Waals surface area contributed by atoms with Crippen LogP contribution in [0.15, 0.2) is 41.7 Å². The van der Waals surface area contributed by atoms with Gasteiger partial charge in [-0.05, 0) is 42.7 Å². The number of hydrogen-bond donors (Lipinski definition) is 1. The maximum atomic E-state index is 11.8. The highest BCUT2D eigenvalue weighted by molar-refractivity contribution is 7.89. The van der Waals surface area contributed by atoms with Gasteiger partial charge in [0.15, 0.2) is 0 Å². The van der Waals surface area contributed by atoms with Crippen molar-refractivity contribution in [2.75, 3.05) is 0 Å². The smallest absolute Gasteiger partial charge is 0.238 e. The van der Waals surface area contributed by atoms with Gasteiger partial charge in [-0.15, -0.1) is 0 Å². The zero-order valence-corrected chi connectivity index (χ0v) is 13.5. The van der Waals surface area contributed by atoms with Crippen molar-refractivity contribution in [3.63, 3.8) is 0 Å². The van der Waals surface area contributed by atoms with Gasteiger partial charge in [0.25, 0.3) is 0 Å². The second kappa shape index (κ2) is 4.93. The third-order valence-corrected chi connectivity index (χ3v) is 4.96. The molecule has 2 N–H and O–H groups in total. The molecule has 5 nitrogen and oxygen atoms in total. The Morgan fingerprint density at radius 1 is 1.14 bits per heavy atom. The lowest BCUT2D eigenvalue weighted by Gasteiger charge is -2.10. The van der Waals surface area contributed by atoms with Crippen molar-refractivity contribution in [1.29, 1.82) is 0 Å². The third kappa shape index (κ3) is 2.30. The molecule has 0 saturated carbocycles. The molecule has 6 heteroatoms. The van der Waals surface area contributed by atoms with Crippen LogP contribution >= 0.6 is 0 Å². The first-order valence-corrected chi connectivity index (χ1v) is 8.37. The number of aryl methyl sites for hydroxylation is 3. The Hall–Kier alpha value is -2.18. The molecule has 22 heavy (non-hydrogen) atoms. The molecule has 0 spiro atoms. The first-order valence-electron chi connectivity index (χ1n) is 6.82. The van der Waals surface area contributed by atoms with Gasteiger partial charge in [-0.1, -0.05) is 6.07 Å². The SMILES string of the molecule is Cc1cc(C)c(S(N)(=O)=O)cc1-c1cn(C)c2cnccc12. The second-order valence-corrected chi connectivity index (χ2v) is 7.05. The Morgan fingerprint density at radius 3 is 2.55 bits per heavy atom. The summed E-state index contributed by atoms with van der Waals surface area (Å²) in [5.74, 6) is 0. The van der Waals surface area contributed by atoms with Crippen molar-refractivity contribution >= 4 is 20.9 Å². The number of sulfonamides is 1. The molecule has 0 unspecified atom stereocenters. The molecule has 114 valence electrons. The molecule has 0 aliphatic rings. The number of aromatic nitrogens is 2. The number of primary sulfonamides is 1. The van der Waals surface area contributed by atoms with Crippen molar-refractivity contribution in [1.82, 2.24) is 9.55 Å². The van der Waals surface area contributed by atoms with Gasteiger partial charge in [-0.2, -0.15) is 0 Å². The summed E-state index contributed by atoms with van der Waals surface area (Å²) >= 11 is 0. The molecule has 0 aliphatic heterocycles. The summed E-state index contributed by atoms with van der Waals surface area (Å²) in [7, 11) is -1.80. The summed E-state index contributed by atoms with van der Waals surface area (Å²) in [4.78, 5) is 4.30. The molecule has 2 aromatic heterocycles. The summed E-state index contributed by atoms with van der Waals surface area (Å²) in [5.41, 5.74) is 4.50. The first-order chi connectivity index (χ1) is 10.3. The van der Waals surface area contributed by atoms with E-state index in [0.717, 1.165) is 27.6 Å². The maximum Gasteiger partial charge on any atom is 0.238 e. The van der Waals surface area contributed by atoms with Crippen LogP contribution in [-0.2, 0) is 17.1 Å². The molecule has 0 radical (unpaired) electrons. The minimum Gasteiger partial charge on any atom is -0.349 e. The minimum absolute atomic E-state index is 0.166. The number of pyridine rings is 1. The minimum atomic E-state index is -3.75. The average Bonchev–Trinajstić information content (AvgIpc) is 2.75. The van der Waals surface area contributed by atoms with Crippen LogP contribution in [-0.4, -0.2) is 18.0 Å². The molecule has 1 aromatic carbocycles. The Kier molecular flexibility index (Phi) is 3.30. The monoisotopic (exact) mass is 315 g/mol. The van der Waals surface area contributed by atoms with Crippen molar-refractivity contribution in [3.8, 4) is 11.1 Å². The van der Waals surface area contributed by atoms with Crippen LogP contribution in [0.25, 0.3) is 22.0 Å². The van der Waals surface area contributed by atoms with Gasteiger partial charge >= 0.3 is 0 Å². The highest BCUT2D eigenvalue weighted by Gasteiger charge is 2.17. The fourth-order valence-electron chi connectivity index (χ4n) is 2.87. The van der Waals surface area contributed by atoms with Crippen LogP contribution in [0.5, 0.6) is 0 Å². The Morgan fingerprint density at radius 2 is 1.86 bits per heavy atom. The lowest BCUT2D eigenvalue weighted by atomic mass is 9.98. The number of benzene rings is 1. The molecule has 0 saturated heterocycles. The highest BCUT2D eigenvalue weighted by Crippen LogP contribution is 2.34. The fourth-order valence-corrected chi connectivity index (χ4v) is 3.66. The zero-order valence-electron chi connectivity index (χ0n) is 12.7. The van der Waals surface area contributed by atoms with Gasteiger partial charge in [0.1, 0.15) is 0 Å². The Bertz CT molecular complexity index is 988. The standard InChI is InChI=1S/C16H17N3O2S/c1-10-6-11(2)16(22(17,20)21)7-13(10)14-9-19(3)15-8-18-5-4-12(14)15/h4-9H,1-3H3,(H2,17,20,21). The molecule has 0 bridgehead atoms. The molecule has 2 heterocycles. The van der Waals surface area contributed by atoms with E-state index in [1.165, 1.54) is 0 Å². The second-order valence-electron chi connectivity index (χ2n) is 5.52. The zero-order chi connectivity index (χ0) is 16.1. The van der Waals surface area contributed by atoms with Gasteiger partial charge < -0.3 is 4.57 Å². The van der Waals surface area contributed by atoms with E-state index < -0.39 is 10.0 Å². The molecule has 0 aliphatic carbocycles. The largest absolute Gasteiger partial charge is 0.349 e. The molecular weight excluding hydrogens is 298 g/mol. The normalized spacial score (nSPS) is 12.0. The number of fused-ring (bicyclic) bond motifs is 1. The summed E-state index contributed by atoms with van der Waals surface area (Å²) in [6.45, 7) is 3.72. The molecule has 0 fully saturated rings. The van der Waals surface area contributed by atoms with Gasteiger partial charge in [0.05, 0.1) is 16.6 Å². The average molecular weight is 315 g/mol. The first kappa shape index (κ1) is 14.7. The summed E-state index contributed by atoms with van der Waals surface area (Å²) < 4.78 is 25.5. The van der Waals surface area contributed by atoms with Crippen LogP contribution in [0.3, 0.4) is 0 Å². The number of rotatable bonds is 2.